The zero-order valence-corrected chi connectivity index (χ0v) is 17.5. The van der Waals surface area contributed by atoms with Crippen molar-refractivity contribution < 1.29 is 23.8 Å². The molecule has 2 atom stereocenters. The van der Waals surface area contributed by atoms with Crippen molar-refractivity contribution in [3.8, 4) is 5.75 Å². The Labute approximate surface area is 182 Å². The summed E-state index contributed by atoms with van der Waals surface area (Å²) < 4.78 is 16.8. The topological polar surface area (TPSA) is 85.9 Å². The van der Waals surface area contributed by atoms with Crippen LogP contribution >= 0.6 is 0 Å². The van der Waals surface area contributed by atoms with E-state index in [-0.39, 0.29) is 24.0 Å². The number of ether oxygens (including phenoxy) is 3. The Morgan fingerprint density at radius 1 is 0.839 bits per heavy atom. The highest BCUT2D eigenvalue weighted by Crippen LogP contribution is 2.18. The van der Waals surface area contributed by atoms with Crippen LogP contribution in [0.4, 0.5) is 5.69 Å². The van der Waals surface area contributed by atoms with Crippen LogP contribution in [0.1, 0.15) is 46.4 Å². The zero-order valence-electron chi connectivity index (χ0n) is 17.5. The zero-order chi connectivity index (χ0) is 21.5. The van der Waals surface area contributed by atoms with E-state index in [1.54, 1.807) is 48.5 Å². The van der Waals surface area contributed by atoms with Gasteiger partial charge < -0.3 is 24.8 Å². The van der Waals surface area contributed by atoms with Gasteiger partial charge in [-0.05, 0) is 74.2 Å². The van der Waals surface area contributed by atoms with Crippen LogP contribution in [-0.4, -0.2) is 50.4 Å². The second-order valence-corrected chi connectivity index (χ2v) is 7.85. The molecule has 2 aliphatic rings. The molecular weight excluding hydrogens is 396 g/mol. The lowest BCUT2D eigenvalue weighted by Gasteiger charge is -2.12. The van der Waals surface area contributed by atoms with Crippen LogP contribution in [0.15, 0.2) is 48.5 Å². The molecule has 7 nitrogen and oxygen atoms in total. The van der Waals surface area contributed by atoms with Crippen molar-refractivity contribution in [2.75, 3.05) is 31.7 Å². The molecule has 0 radical (unpaired) electrons. The molecule has 0 spiro atoms. The van der Waals surface area contributed by atoms with Crippen LogP contribution in [0.5, 0.6) is 5.75 Å². The molecule has 2 amide bonds. The summed E-state index contributed by atoms with van der Waals surface area (Å²) in [6.45, 7) is 2.61. The van der Waals surface area contributed by atoms with Crippen molar-refractivity contribution in [3.63, 3.8) is 0 Å². The molecule has 7 heteroatoms. The smallest absolute Gasteiger partial charge is 0.255 e. The molecule has 2 fully saturated rings. The van der Waals surface area contributed by atoms with Crippen LogP contribution in [-0.2, 0) is 9.47 Å². The predicted octanol–water partition coefficient (Wildman–Crippen LogP) is 3.41. The van der Waals surface area contributed by atoms with Gasteiger partial charge >= 0.3 is 0 Å². The fraction of sp³-hybridized carbons (Fsp3) is 0.417. The van der Waals surface area contributed by atoms with E-state index in [1.807, 2.05) is 0 Å². The first-order valence-electron chi connectivity index (χ1n) is 10.8. The number of rotatable bonds is 8. The third-order valence-electron chi connectivity index (χ3n) is 5.50. The average molecular weight is 424 g/mol. The SMILES string of the molecule is O=C(NCC1CCCO1)c1ccc(NC(=O)c2ccc(OCC3CCCO3)cc2)cc1. The summed E-state index contributed by atoms with van der Waals surface area (Å²) in [5, 5.41) is 5.74. The summed E-state index contributed by atoms with van der Waals surface area (Å²) in [4.78, 5) is 24.7. The van der Waals surface area contributed by atoms with Crippen LogP contribution in [0.25, 0.3) is 0 Å². The molecule has 2 aromatic carbocycles. The first kappa shape index (κ1) is 21.3. The molecule has 0 saturated carbocycles. The normalized spacial score (nSPS) is 20.4. The molecule has 2 saturated heterocycles. The van der Waals surface area contributed by atoms with E-state index in [9.17, 15) is 9.59 Å². The van der Waals surface area contributed by atoms with Crippen LogP contribution < -0.4 is 15.4 Å². The Balaban J connectivity index is 1.25. The lowest BCUT2D eigenvalue weighted by Crippen LogP contribution is -2.31. The van der Waals surface area contributed by atoms with Crippen LogP contribution in [0.2, 0.25) is 0 Å². The number of anilines is 1. The van der Waals surface area contributed by atoms with Gasteiger partial charge in [0.25, 0.3) is 11.8 Å². The molecule has 2 heterocycles. The first-order chi connectivity index (χ1) is 15.2. The van der Waals surface area contributed by atoms with E-state index >= 15 is 0 Å². The van der Waals surface area contributed by atoms with Gasteiger partial charge in [0.1, 0.15) is 12.4 Å². The molecule has 0 bridgehead atoms. The van der Waals surface area contributed by atoms with Crippen molar-refractivity contribution in [1.29, 1.82) is 0 Å². The number of carbonyl (C=O) groups excluding carboxylic acids is 2. The third-order valence-corrected chi connectivity index (χ3v) is 5.50. The summed E-state index contributed by atoms with van der Waals surface area (Å²) in [6.07, 6.45) is 4.39. The number of nitrogens with one attached hydrogen (secondary N) is 2. The number of benzene rings is 2. The van der Waals surface area contributed by atoms with Crippen molar-refractivity contribution >= 4 is 17.5 Å². The van der Waals surface area contributed by atoms with Crippen molar-refractivity contribution in [2.24, 2.45) is 0 Å². The molecule has 0 aromatic heterocycles. The molecule has 2 N–H and O–H groups in total. The van der Waals surface area contributed by atoms with E-state index in [0.717, 1.165) is 38.9 Å². The second kappa shape index (κ2) is 10.4. The molecular formula is C24H28N2O5. The Morgan fingerprint density at radius 3 is 2.10 bits per heavy atom. The Morgan fingerprint density at radius 2 is 1.45 bits per heavy atom. The third kappa shape index (κ3) is 6.06. The Hall–Kier alpha value is -2.90. The van der Waals surface area contributed by atoms with Gasteiger partial charge in [0, 0.05) is 36.6 Å². The van der Waals surface area contributed by atoms with Gasteiger partial charge in [-0.2, -0.15) is 0 Å². The van der Waals surface area contributed by atoms with E-state index in [1.165, 1.54) is 0 Å². The molecule has 164 valence electrons. The molecule has 2 aromatic rings. The summed E-state index contributed by atoms with van der Waals surface area (Å²) in [5.41, 5.74) is 1.70. The predicted molar refractivity (Wildman–Crippen MR) is 117 cm³/mol. The van der Waals surface area contributed by atoms with E-state index in [2.05, 4.69) is 10.6 Å². The highest BCUT2D eigenvalue weighted by molar-refractivity contribution is 6.04. The van der Waals surface area contributed by atoms with Crippen LogP contribution in [0.3, 0.4) is 0 Å². The van der Waals surface area contributed by atoms with Crippen molar-refractivity contribution in [2.45, 2.75) is 37.9 Å². The lowest BCUT2D eigenvalue weighted by molar-refractivity contribution is 0.0679. The first-order valence-corrected chi connectivity index (χ1v) is 10.8. The number of hydrogen-bond donors (Lipinski definition) is 2. The van der Waals surface area contributed by atoms with Gasteiger partial charge in [-0.1, -0.05) is 0 Å². The molecule has 0 aliphatic carbocycles. The summed E-state index contributed by atoms with van der Waals surface area (Å²) in [7, 11) is 0. The monoisotopic (exact) mass is 424 g/mol. The number of amides is 2. The molecule has 2 unspecified atom stereocenters. The second-order valence-electron chi connectivity index (χ2n) is 7.85. The standard InChI is InChI=1S/C24H28N2O5/c27-23(25-15-21-3-1-13-29-21)17-5-9-19(10-6-17)26-24(28)18-7-11-20(12-8-18)31-16-22-4-2-14-30-22/h5-12,21-22H,1-4,13-16H2,(H,25,27)(H,26,28). The van der Waals surface area contributed by atoms with Gasteiger partial charge in [0.2, 0.25) is 0 Å². The lowest BCUT2D eigenvalue weighted by atomic mass is 10.1. The summed E-state index contributed by atoms with van der Waals surface area (Å²) in [6, 6.07) is 13.9. The Kier molecular flexibility index (Phi) is 7.17. The van der Waals surface area contributed by atoms with Gasteiger partial charge in [-0.15, -0.1) is 0 Å². The fourth-order valence-electron chi connectivity index (χ4n) is 3.69. The van der Waals surface area contributed by atoms with E-state index in [0.29, 0.717) is 35.7 Å². The number of hydrogen-bond acceptors (Lipinski definition) is 5. The van der Waals surface area contributed by atoms with Crippen molar-refractivity contribution in [3.05, 3.63) is 59.7 Å². The maximum absolute atomic E-state index is 12.5. The van der Waals surface area contributed by atoms with Gasteiger partial charge in [0.05, 0.1) is 12.2 Å². The fourth-order valence-corrected chi connectivity index (χ4v) is 3.69. The maximum Gasteiger partial charge on any atom is 0.255 e. The van der Waals surface area contributed by atoms with Gasteiger partial charge in [-0.3, -0.25) is 9.59 Å². The highest BCUT2D eigenvalue weighted by atomic mass is 16.5. The summed E-state index contributed by atoms with van der Waals surface area (Å²) in [5.74, 6) is 0.346. The quantitative estimate of drug-likeness (QED) is 0.678. The minimum absolute atomic E-state index is 0.107. The minimum Gasteiger partial charge on any atom is -0.491 e. The highest BCUT2D eigenvalue weighted by Gasteiger charge is 2.17. The van der Waals surface area contributed by atoms with Crippen LogP contribution in [0, 0.1) is 0 Å². The molecule has 4 rings (SSSR count). The largest absolute Gasteiger partial charge is 0.491 e. The van der Waals surface area contributed by atoms with E-state index < -0.39 is 0 Å². The maximum atomic E-state index is 12.5. The van der Waals surface area contributed by atoms with E-state index in [4.69, 9.17) is 14.2 Å². The van der Waals surface area contributed by atoms with Gasteiger partial charge in [-0.25, -0.2) is 0 Å². The van der Waals surface area contributed by atoms with Gasteiger partial charge in [0.15, 0.2) is 0 Å². The van der Waals surface area contributed by atoms with Crippen molar-refractivity contribution in [1.82, 2.24) is 5.32 Å². The average Bonchev–Trinajstić information content (AvgIpc) is 3.51. The number of carbonyl (C=O) groups is 2. The molecule has 2 aliphatic heterocycles. The molecule has 31 heavy (non-hydrogen) atoms. The minimum atomic E-state index is -0.221. The Bertz CT molecular complexity index is 870. The summed E-state index contributed by atoms with van der Waals surface area (Å²) >= 11 is 0.